The molecule has 1 aliphatic carbocycles. The van der Waals surface area contributed by atoms with Crippen LogP contribution in [0.25, 0.3) is 0 Å². The summed E-state index contributed by atoms with van der Waals surface area (Å²) in [5, 5.41) is 10.00. The van der Waals surface area contributed by atoms with Gasteiger partial charge in [-0.1, -0.05) is 12.1 Å². The lowest BCUT2D eigenvalue weighted by Gasteiger charge is -2.17. The summed E-state index contributed by atoms with van der Waals surface area (Å²) >= 11 is 0. The van der Waals surface area contributed by atoms with E-state index < -0.39 is 6.36 Å². The number of nitrogens with one attached hydrogen (secondary N) is 2. The Hall–Kier alpha value is -2.35. The van der Waals surface area contributed by atoms with Crippen LogP contribution in [0, 0.1) is 0 Å². The maximum atomic E-state index is 12.1. The van der Waals surface area contributed by atoms with Crippen LogP contribution in [-0.4, -0.2) is 23.1 Å². The number of nitrogens with zero attached hydrogens (tertiary/aromatic N) is 1. The standard InChI is InChI=1S/C18H20F3N3O2/c19-18(20,21)26-13-7-5-12(6-8-13)11-22-10-9-16-14-3-1-2-4-15(14)17(25)24-23-16/h5-8,22H,1-4,9-11H2,(H,24,25). The van der Waals surface area contributed by atoms with E-state index >= 15 is 0 Å². The van der Waals surface area contributed by atoms with Gasteiger partial charge in [0.25, 0.3) is 5.56 Å². The molecule has 1 aromatic carbocycles. The average Bonchev–Trinajstić information content (AvgIpc) is 2.61. The van der Waals surface area contributed by atoms with Crippen LogP contribution in [0.2, 0.25) is 0 Å². The minimum absolute atomic E-state index is 0.0856. The van der Waals surface area contributed by atoms with Crippen LogP contribution >= 0.6 is 0 Å². The Morgan fingerprint density at radius 2 is 1.81 bits per heavy atom. The van der Waals surface area contributed by atoms with Crippen LogP contribution in [-0.2, 0) is 25.8 Å². The Bertz CT molecular complexity index is 801. The predicted molar refractivity (Wildman–Crippen MR) is 90.0 cm³/mol. The molecule has 1 heterocycles. The number of aromatic amines is 1. The van der Waals surface area contributed by atoms with E-state index in [1.54, 1.807) is 12.1 Å². The SMILES string of the molecule is O=c1[nH]nc(CCNCc2ccc(OC(F)(F)F)cc2)c2c1CCCC2. The van der Waals surface area contributed by atoms with Crippen molar-refractivity contribution in [3.05, 3.63) is 57.0 Å². The summed E-state index contributed by atoms with van der Waals surface area (Å²) in [6.07, 6.45) is -0.185. The molecular formula is C18H20F3N3O2. The molecule has 1 aromatic heterocycles. The largest absolute Gasteiger partial charge is 0.573 e. The van der Waals surface area contributed by atoms with Crippen molar-refractivity contribution in [1.29, 1.82) is 0 Å². The predicted octanol–water partition coefficient (Wildman–Crippen LogP) is 2.88. The maximum Gasteiger partial charge on any atom is 0.573 e. The monoisotopic (exact) mass is 367 g/mol. The Morgan fingerprint density at radius 1 is 1.12 bits per heavy atom. The zero-order valence-corrected chi connectivity index (χ0v) is 14.2. The molecule has 2 aromatic rings. The van der Waals surface area contributed by atoms with Crippen molar-refractivity contribution < 1.29 is 17.9 Å². The summed E-state index contributed by atoms with van der Waals surface area (Å²) < 4.78 is 40.2. The quantitative estimate of drug-likeness (QED) is 0.771. The molecule has 0 amide bonds. The highest BCUT2D eigenvalue weighted by Crippen LogP contribution is 2.23. The first-order valence-electron chi connectivity index (χ1n) is 8.57. The topological polar surface area (TPSA) is 67.0 Å². The van der Waals surface area contributed by atoms with Crippen LogP contribution in [0.15, 0.2) is 29.1 Å². The Morgan fingerprint density at radius 3 is 2.50 bits per heavy atom. The number of rotatable bonds is 6. The van der Waals surface area contributed by atoms with E-state index in [1.165, 1.54) is 12.1 Å². The van der Waals surface area contributed by atoms with Gasteiger partial charge in [0.2, 0.25) is 0 Å². The van der Waals surface area contributed by atoms with Gasteiger partial charge in [0.05, 0.1) is 5.69 Å². The number of ether oxygens (including phenoxy) is 1. The van der Waals surface area contributed by atoms with Gasteiger partial charge in [-0.25, -0.2) is 5.10 Å². The molecule has 0 atom stereocenters. The molecule has 0 fully saturated rings. The lowest BCUT2D eigenvalue weighted by atomic mass is 9.91. The zero-order chi connectivity index (χ0) is 18.6. The van der Waals surface area contributed by atoms with Crippen LogP contribution in [0.1, 0.15) is 35.2 Å². The van der Waals surface area contributed by atoms with Crippen molar-refractivity contribution in [2.45, 2.75) is 45.0 Å². The lowest BCUT2D eigenvalue weighted by molar-refractivity contribution is -0.274. The van der Waals surface area contributed by atoms with Gasteiger partial charge in [-0.15, -0.1) is 13.2 Å². The van der Waals surface area contributed by atoms with E-state index in [2.05, 4.69) is 20.3 Å². The van der Waals surface area contributed by atoms with E-state index in [0.717, 1.165) is 48.1 Å². The normalized spacial score (nSPS) is 14.1. The van der Waals surface area contributed by atoms with E-state index in [-0.39, 0.29) is 11.3 Å². The molecule has 5 nitrogen and oxygen atoms in total. The zero-order valence-electron chi connectivity index (χ0n) is 14.2. The molecule has 2 N–H and O–H groups in total. The van der Waals surface area contributed by atoms with Gasteiger partial charge < -0.3 is 10.1 Å². The highest BCUT2D eigenvalue weighted by molar-refractivity contribution is 5.30. The number of hydrogen-bond donors (Lipinski definition) is 2. The van der Waals surface area contributed by atoms with Gasteiger partial charge in [-0.3, -0.25) is 4.79 Å². The first-order chi connectivity index (χ1) is 12.4. The molecule has 140 valence electrons. The molecule has 0 unspecified atom stereocenters. The fourth-order valence-electron chi connectivity index (χ4n) is 3.18. The molecule has 0 aliphatic heterocycles. The van der Waals surface area contributed by atoms with Crippen LogP contribution in [0.4, 0.5) is 13.2 Å². The summed E-state index contributed by atoms with van der Waals surface area (Å²) in [5.41, 5.74) is 3.63. The maximum absolute atomic E-state index is 12.1. The fraction of sp³-hybridized carbons (Fsp3) is 0.444. The van der Waals surface area contributed by atoms with E-state index in [4.69, 9.17) is 0 Å². The molecular weight excluding hydrogens is 347 g/mol. The average molecular weight is 367 g/mol. The van der Waals surface area contributed by atoms with E-state index in [0.29, 0.717) is 19.5 Å². The first kappa shape index (κ1) is 18.4. The third-order valence-electron chi connectivity index (χ3n) is 4.41. The van der Waals surface area contributed by atoms with Crippen molar-refractivity contribution in [3.63, 3.8) is 0 Å². The van der Waals surface area contributed by atoms with Crippen LogP contribution in [0.5, 0.6) is 5.75 Å². The Balaban J connectivity index is 1.51. The van der Waals surface area contributed by atoms with E-state index in [1.807, 2.05) is 0 Å². The summed E-state index contributed by atoms with van der Waals surface area (Å²) in [5.74, 6) is -0.231. The summed E-state index contributed by atoms with van der Waals surface area (Å²) in [6.45, 7) is 1.18. The van der Waals surface area contributed by atoms with Gasteiger partial charge in [0.15, 0.2) is 0 Å². The van der Waals surface area contributed by atoms with Crippen molar-refractivity contribution >= 4 is 0 Å². The number of aromatic nitrogens is 2. The lowest BCUT2D eigenvalue weighted by Crippen LogP contribution is -2.25. The molecule has 0 saturated carbocycles. The van der Waals surface area contributed by atoms with Gasteiger partial charge in [-0.05, 0) is 48.9 Å². The Labute approximate surface area is 148 Å². The molecule has 0 radical (unpaired) electrons. The number of H-pyrrole nitrogens is 1. The van der Waals surface area contributed by atoms with Gasteiger partial charge in [0, 0.05) is 25.1 Å². The molecule has 26 heavy (non-hydrogen) atoms. The number of fused-ring (bicyclic) bond motifs is 1. The summed E-state index contributed by atoms with van der Waals surface area (Å²) in [6, 6.07) is 5.77. The summed E-state index contributed by atoms with van der Waals surface area (Å²) in [4.78, 5) is 11.8. The molecule has 0 saturated heterocycles. The minimum atomic E-state index is -4.68. The second kappa shape index (κ2) is 7.90. The van der Waals surface area contributed by atoms with Gasteiger partial charge in [0.1, 0.15) is 5.75 Å². The molecule has 3 rings (SSSR count). The van der Waals surface area contributed by atoms with Gasteiger partial charge in [-0.2, -0.15) is 5.10 Å². The highest BCUT2D eigenvalue weighted by Gasteiger charge is 2.30. The van der Waals surface area contributed by atoms with Gasteiger partial charge >= 0.3 is 6.36 Å². The fourth-order valence-corrected chi connectivity index (χ4v) is 3.18. The van der Waals surface area contributed by atoms with Crippen molar-refractivity contribution in [3.8, 4) is 5.75 Å². The molecule has 1 aliphatic rings. The minimum Gasteiger partial charge on any atom is -0.406 e. The number of hydrogen-bond acceptors (Lipinski definition) is 4. The summed E-state index contributed by atoms with van der Waals surface area (Å²) in [7, 11) is 0. The van der Waals surface area contributed by atoms with Crippen molar-refractivity contribution in [2.75, 3.05) is 6.54 Å². The third-order valence-corrected chi connectivity index (χ3v) is 4.41. The number of alkyl halides is 3. The second-order valence-corrected chi connectivity index (χ2v) is 6.28. The smallest absolute Gasteiger partial charge is 0.406 e. The van der Waals surface area contributed by atoms with Crippen molar-refractivity contribution in [1.82, 2.24) is 15.5 Å². The number of halogens is 3. The second-order valence-electron chi connectivity index (χ2n) is 6.28. The first-order valence-corrected chi connectivity index (χ1v) is 8.57. The van der Waals surface area contributed by atoms with Crippen LogP contribution < -0.4 is 15.6 Å². The molecule has 0 spiro atoms. The molecule has 0 bridgehead atoms. The van der Waals surface area contributed by atoms with Crippen LogP contribution in [0.3, 0.4) is 0 Å². The van der Waals surface area contributed by atoms with Crippen molar-refractivity contribution in [2.24, 2.45) is 0 Å². The third kappa shape index (κ3) is 4.85. The number of benzene rings is 1. The Kier molecular flexibility index (Phi) is 5.61. The highest BCUT2D eigenvalue weighted by atomic mass is 19.4. The van der Waals surface area contributed by atoms with E-state index in [9.17, 15) is 18.0 Å². The molecule has 8 heteroatoms.